The number of rotatable bonds is 4. The van der Waals surface area contributed by atoms with Gasteiger partial charge in [-0.3, -0.25) is 9.59 Å². The molecule has 1 heterocycles. The summed E-state index contributed by atoms with van der Waals surface area (Å²) in [7, 11) is 1.61. The molecule has 1 aromatic carbocycles. The van der Waals surface area contributed by atoms with Crippen molar-refractivity contribution in [1.82, 2.24) is 4.90 Å². The number of anilines is 1. The second-order valence-corrected chi connectivity index (χ2v) is 6.39. The summed E-state index contributed by atoms with van der Waals surface area (Å²) in [5, 5.41) is 2.92. The van der Waals surface area contributed by atoms with E-state index in [2.05, 4.69) is 5.32 Å². The minimum atomic E-state index is -0.329. The SMILES string of the molecule is COc1ccc(NC(=O)C2CCCN2C(=O)C2CCCC2)cc1. The molecule has 5 heteroatoms. The number of hydrogen-bond donors (Lipinski definition) is 1. The minimum Gasteiger partial charge on any atom is -0.497 e. The molecular formula is C18H24N2O3. The van der Waals surface area contributed by atoms with Crippen molar-refractivity contribution in [3.05, 3.63) is 24.3 Å². The molecule has 23 heavy (non-hydrogen) atoms. The Kier molecular flexibility index (Phi) is 4.84. The van der Waals surface area contributed by atoms with E-state index in [4.69, 9.17) is 4.74 Å². The van der Waals surface area contributed by atoms with Crippen molar-refractivity contribution >= 4 is 17.5 Å². The zero-order valence-corrected chi connectivity index (χ0v) is 13.6. The average molecular weight is 316 g/mol. The van der Waals surface area contributed by atoms with E-state index in [0.29, 0.717) is 6.54 Å². The standard InChI is InChI=1S/C18H24N2O3/c1-23-15-10-8-14(9-11-15)19-17(21)16-7-4-12-20(16)18(22)13-5-2-3-6-13/h8-11,13,16H,2-7,12H2,1H3,(H,19,21). The second kappa shape index (κ2) is 7.02. The van der Waals surface area contributed by atoms with Crippen LogP contribution in [0.5, 0.6) is 5.75 Å². The maximum absolute atomic E-state index is 12.6. The zero-order valence-electron chi connectivity index (χ0n) is 13.6. The highest BCUT2D eigenvalue weighted by molar-refractivity contribution is 5.97. The van der Waals surface area contributed by atoms with Gasteiger partial charge < -0.3 is 15.0 Å². The molecule has 0 bridgehead atoms. The van der Waals surface area contributed by atoms with Crippen LogP contribution >= 0.6 is 0 Å². The third-order valence-corrected chi connectivity index (χ3v) is 4.90. The molecule has 1 aliphatic carbocycles. The number of amides is 2. The molecule has 3 rings (SSSR count). The van der Waals surface area contributed by atoms with E-state index >= 15 is 0 Å². The molecule has 0 radical (unpaired) electrons. The molecule has 1 aromatic rings. The van der Waals surface area contributed by atoms with Gasteiger partial charge in [0, 0.05) is 18.2 Å². The van der Waals surface area contributed by atoms with E-state index in [0.717, 1.165) is 50.0 Å². The number of carbonyl (C=O) groups is 2. The van der Waals surface area contributed by atoms with Gasteiger partial charge in [-0.15, -0.1) is 0 Å². The first-order valence-corrected chi connectivity index (χ1v) is 8.44. The maximum Gasteiger partial charge on any atom is 0.247 e. The minimum absolute atomic E-state index is 0.0842. The number of likely N-dealkylation sites (tertiary alicyclic amines) is 1. The van der Waals surface area contributed by atoms with Gasteiger partial charge in [-0.05, 0) is 49.9 Å². The summed E-state index contributed by atoms with van der Waals surface area (Å²) in [5.74, 6) is 0.972. The Bertz CT molecular complexity index is 564. The first-order chi connectivity index (χ1) is 11.2. The number of carbonyl (C=O) groups excluding carboxylic acids is 2. The molecule has 0 spiro atoms. The molecule has 124 valence electrons. The molecule has 1 saturated heterocycles. The zero-order chi connectivity index (χ0) is 16.2. The molecule has 0 aromatic heterocycles. The lowest BCUT2D eigenvalue weighted by Crippen LogP contribution is -2.45. The van der Waals surface area contributed by atoms with E-state index in [1.165, 1.54) is 0 Å². The van der Waals surface area contributed by atoms with E-state index < -0.39 is 0 Å². The van der Waals surface area contributed by atoms with Crippen LogP contribution in [0.4, 0.5) is 5.69 Å². The first kappa shape index (κ1) is 15.8. The Morgan fingerprint density at radius 3 is 2.43 bits per heavy atom. The Labute approximate surface area is 137 Å². The average Bonchev–Trinajstić information content (AvgIpc) is 3.26. The van der Waals surface area contributed by atoms with Crippen molar-refractivity contribution in [2.45, 2.75) is 44.6 Å². The van der Waals surface area contributed by atoms with Crippen LogP contribution in [0.2, 0.25) is 0 Å². The van der Waals surface area contributed by atoms with Crippen molar-refractivity contribution in [3.8, 4) is 5.75 Å². The Morgan fingerprint density at radius 2 is 1.78 bits per heavy atom. The van der Waals surface area contributed by atoms with Crippen LogP contribution in [0.3, 0.4) is 0 Å². The summed E-state index contributed by atoms with van der Waals surface area (Å²) in [6.07, 6.45) is 5.86. The van der Waals surface area contributed by atoms with E-state index in [-0.39, 0.29) is 23.8 Å². The van der Waals surface area contributed by atoms with E-state index in [1.54, 1.807) is 12.0 Å². The maximum atomic E-state index is 12.6. The summed E-state index contributed by atoms with van der Waals surface area (Å²) in [5.41, 5.74) is 0.732. The number of nitrogens with zero attached hydrogens (tertiary/aromatic N) is 1. The van der Waals surface area contributed by atoms with Gasteiger partial charge >= 0.3 is 0 Å². The Hall–Kier alpha value is -2.04. The van der Waals surface area contributed by atoms with Gasteiger partial charge in [-0.1, -0.05) is 12.8 Å². The van der Waals surface area contributed by atoms with Crippen molar-refractivity contribution in [2.75, 3.05) is 19.0 Å². The summed E-state index contributed by atoms with van der Waals surface area (Å²) in [6, 6.07) is 6.92. The second-order valence-electron chi connectivity index (χ2n) is 6.39. The quantitative estimate of drug-likeness (QED) is 0.929. The van der Waals surface area contributed by atoms with Crippen LogP contribution in [0.1, 0.15) is 38.5 Å². The van der Waals surface area contributed by atoms with Crippen molar-refractivity contribution in [3.63, 3.8) is 0 Å². The number of ether oxygens (including phenoxy) is 1. The fraction of sp³-hybridized carbons (Fsp3) is 0.556. The lowest BCUT2D eigenvalue weighted by atomic mass is 10.1. The third-order valence-electron chi connectivity index (χ3n) is 4.90. The fourth-order valence-corrected chi connectivity index (χ4v) is 3.61. The van der Waals surface area contributed by atoms with Crippen LogP contribution in [0.25, 0.3) is 0 Å². The molecule has 1 atom stereocenters. The third kappa shape index (κ3) is 3.49. The highest BCUT2D eigenvalue weighted by atomic mass is 16.5. The normalized spacial score (nSPS) is 21.4. The van der Waals surface area contributed by atoms with Crippen LogP contribution in [-0.2, 0) is 9.59 Å². The molecule has 2 fully saturated rings. The molecular weight excluding hydrogens is 292 g/mol. The largest absolute Gasteiger partial charge is 0.497 e. The van der Waals surface area contributed by atoms with Crippen LogP contribution in [0, 0.1) is 5.92 Å². The van der Waals surface area contributed by atoms with Gasteiger partial charge in [-0.2, -0.15) is 0 Å². The molecule has 1 N–H and O–H groups in total. The first-order valence-electron chi connectivity index (χ1n) is 8.44. The number of hydrogen-bond acceptors (Lipinski definition) is 3. The predicted octanol–water partition coefficient (Wildman–Crippen LogP) is 2.81. The summed E-state index contributed by atoms with van der Waals surface area (Å²) >= 11 is 0. The molecule has 2 amide bonds. The van der Waals surface area contributed by atoms with Gasteiger partial charge in [0.1, 0.15) is 11.8 Å². The van der Waals surface area contributed by atoms with Crippen molar-refractivity contribution in [2.24, 2.45) is 5.92 Å². The van der Waals surface area contributed by atoms with Crippen LogP contribution < -0.4 is 10.1 Å². The smallest absolute Gasteiger partial charge is 0.247 e. The van der Waals surface area contributed by atoms with E-state index in [9.17, 15) is 9.59 Å². The monoisotopic (exact) mass is 316 g/mol. The Balaban J connectivity index is 1.64. The molecule has 1 aliphatic heterocycles. The molecule has 1 saturated carbocycles. The fourth-order valence-electron chi connectivity index (χ4n) is 3.61. The predicted molar refractivity (Wildman–Crippen MR) is 88.3 cm³/mol. The molecule has 2 aliphatic rings. The summed E-state index contributed by atoms with van der Waals surface area (Å²) in [4.78, 5) is 27.0. The highest BCUT2D eigenvalue weighted by Crippen LogP contribution is 2.30. The summed E-state index contributed by atoms with van der Waals surface area (Å²) < 4.78 is 5.11. The van der Waals surface area contributed by atoms with E-state index in [1.807, 2.05) is 24.3 Å². The van der Waals surface area contributed by atoms with Gasteiger partial charge in [0.2, 0.25) is 11.8 Å². The number of nitrogens with one attached hydrogen (secondary N) is 1. The summed E-state index contributed by atoms with van der Waals surface area (Å²) in [6.45, 7) is 0.704. The van der Waals surface area contributed by atoms with Crippen LogP contribution in [0.15, 0.2) is 24.3 Å². The molecule has 1 unspecified atom stereocenters. The Morgan fingerprint density at radius 1 is 1.09 bits per heavy atom. The van der Waals surface area contributed by atoms with Gasteiger partial charge in [0.15, 0.2) is 0 Å². The van der Waals surface area contributed by atoms with Crippen molar-refractivity contribution in [1.29, 1.82) is 0 Å². The lowest BCUT2D eigenvalue weighted by Gasteiger charge is -2.26. The van der Waals surface area contributed by atoms with Gasteiger partial charge in [-0.25, -0.2) is 0 Å². The topological polar surface area (TPSA) is 58.6 Å². The van der Waals surface area contributed by atoms with Gasteiger partial charge in [0.05, 0.1) is 7.11 Å². The highest BCUT2D eigenvalue weighted by Gasteiger charge is 2.37. The number of benzene rings is 1. The molecule has 5 nitrogen and oxygen atoms in total. The van der Waals surface area contributed by atoms with Gasteiger partial charge in [0.25, 0.3) is 0 Å². The lowest BCUT2D eigenvalue weighted by molar-refractivity contribution is -0.140. The van der Waals surface area contributed by atoms with Crippen LogP contribution in [-0.4, -0.2) is 36.4 Å². The number of methoxy groups -OCH3 is 1. The van der Waals surface area contributed by atoms with Crippen molar-refractivity contribution < 1.29 is 14.3 Å².